The molecule has 0 bridgehead atoms. The van der Waals surface area contributed by atoms with E-state index in [2.05, 4.69) is 44.3 Å². The van der Waals surface area contributed by atoms with Crippen LogP contribution in [0, 0.1) is 50.0 Å². The van der Waals surface area contributed by atoms with Crippen molar-refractivity contribution >= 4 is 63.3 Å². The van der Waals surface area contributed by atoms with Gasteiger partial charge >= 0.3 is 31.1 Å². The van der Waals surface area contributed by atoms with Crippen molar-refractivity contribution in [2.45, 2.75) is 0 Å². The smallest absolute Gasteiger partial charge is 0.358 e. The van der Waals surface area contributed by atoms with Crippen LogP contribution in [0.25, 0.3) is 0 Å². The van der Waals surface area contributed by atoms with Gasteiger partial charge < -0.3 is 23.0 Å². The Morgan fingerprint density at radius 2 is 1.76 bits per heavy atom. The molecule has 168 valence electrons. The van der Waals surface area contributed by atoms with Crippen LogP contribution in [-0.4, -0.2) is 39.1 Å². The van der Waals surface area contributed by atoms with E-state index in [0.29, 0.717) is 38.0 Å². The maximum absolute atomic E-state index is 12.7. The molecule has 0 fully saturated rings. The maximum Gasteiger partial charge on any atom is 2.00 e. The number of carbonyl (C=O) groups is 2. The number of amidine groups is 1. The topological polar surface area (TPSA) is 98.2 Å². The predicted octanol–water partition coefficient (Wildman–Crippen LogP) is 5.14. The Balaban J connectivity index is 0.00000272. The molecule has 33 heavy (non-hydrogen) atoms. The van der Waals surface area contributed by atoms with Crippen LogP contribution in [0.15, 0.2) is 60.8 Å². The molecule has 0 saturated carbocycles. The van der Waals surface area contributed by atoms with Gasteiger partial charge in [-0.2, -0.15) is 18.2 Å². The number of carbonyl (C=O) groups excluding carboxylic acids is 2. The summed E-state index contributed by atoms with van der Waals surface area (Å²) in [6, 6.07) is 17.5. The molecule has 0 aliphatic heterocycles. The van der Waals surface area contributed by atoms with Crippen LogP contribution in [0.5, 0.6) is 0 Å². The molecule has 7 nitrogen and oxygen atoms in total. The minimum atomic E-state index is -0.437. The molecular weight excluding hydrogens is 779 g/mol. The number of rotatable bonds is 6. The number of pyridine rings is 1. The Kier molecular flexibility index (Phi) is 12.1. The van der Waals surface area contributed by atoms with Crippen LogP contribution >= 0.6 is 34.2 Å². The molecule has 0 atom stereocenters. The first-order valence-corrected chi connectivity index (χ1v) is 11.0. The molecule has 3 aromatic rings. The molecule has 3 N–H and O–H groups in total. The number of nitrogens with one attached hydrogen (secondary N) is 3. The van der Waals surface area contributed by atoms with E-state index < -0.39 is 5.91 Å². The summed E-state index contributed by atoms with van der Waals surface area (Å²) < 4.78 is 0.681. The molecular formula is C23H21ClIN5O2U. The Bertz CT molecular complexity index is 1110. The summed E-state index contributed by atoms with van der Waals surface area (Å²) in [5.41, 5.74) is 1.71. The van der Waals surface area contributed by atoms with E-state index >= 15 is 0 Å². The van der Waals surface area contributed by atoms with E-state index in [4.69, 9.17) is 17.0 Å². The number of halogens is 2. The minimum absolute atomic E-state index is 0. The summed E-state index contributed by atoms with van der Waals surface area (Å²) in [4.78, 5) is 31.2. The first-order valence-electron chi connectivity index (χ1n) is 9.09. The van der Waals surface area contributed by atoms with Crippen LogP contribution in [0.3, 0.4) is 0 Å². The van der Waals surface area contributed by atoms with Crippen molar-refractivity contribution in [1.82, 2.24) is 9.88 Å². The van der Waals surface area contributed by atoms with Crippen molar-refractivity contribution < 1.29 is 40.7 Å². The average Bonchev–Trinajstić information content (AvgIpc) is 2.80. The van der Waals surface area contributed by atoms with Crippen LogP contribution in [-0.2, 0) is 0 Å². The van der Waals surface area contributed by atoms with Gasteiger partial charge in [0, 0.05) is 24.4 Å². The van der Waals surface area contributed by atoms with Gasteiger partial charge in [0.05, 0.1) is 9.57 Å². The monoisotopic (exact) mass is 799 g/mol. The number of hydrogen-bond acceptors (Lipinski definition) is 4. The van der Waals surface area contributed by atoms with Gasteiger partial charge in [-0.15, -0.1) is 6.07 Å². The third-order valence-corrected chi connectivity index (χ3v) is 5.55. The molecule has 3 rings (SSSR count). The number of hydrogen-bond donors (Lipinski definition) is 3. The van der Waals surface area contributed by atoms with Crippen LogP contribution in [0.4, 0.5) is 11.5 Å². The molecule has 0 unspecified atom stereocenters. The molecule has 10 heteroatoms. The zero-order valence-electron chi connectivity index (χ0n) is 17.9. The Morgan fingerprint density at radius 3 is 2.36 bits per heavy atom. The Labute approximate surface area is 235 Å². The second kappa shape index (κ2) is 13.7. The molecule has 2 amide bonds. The van der Waals surface area contributed by atoms with Gasteiger partial charge in [0.2, 0.25) is 5.91 Å². The predicted molar refractivity (Wildman–Crippen MR) is 137 cm³/mol. The van der Waals surface area contributed by atoms with Crippen LogP contribution in [0.1, 0.15) is 26.3 Å². The molecule has 0 radical (unpaired) electrons. The van der Waals surface area contributed by atoms with E-state index in [1.54, 1.807) is 53.4 Å². The largest absolute Gasteiger partial charge is 2.00 e. The van der Waals surface area contributed by atoms with Crippen molar-refractivity contribution in [2.24, 2.45) is 0 Å². The molecule has 0 aliphatic rings. The third-order valence-electron chi connectivity index (χ3n) is 4.31. The van der Waals surface area contributed by atoms with Crippen LogP contribution < -0.4 is 10.6 Å². The summed E-state index contributed by atoms with van der Waals surface area (Å²) >= 11 is 7.99. The first kappa shape index (κ1) is 29.1. The zero-order valence-corrected chi connectivity index (χ0v) is 25.0. The van der Waals surface area contributed by atoms with Crippen molar-refractivity contribution in [3.8, 4) is 0 Å². The quantitative estimate of drug-likeness (QED) is 0.0805. The molecule has 1 heterocycles. The standard InChI is InChI=1S/C22H18ClIN5O2.CH3.U/c1-29(13-24)20(25)14-6-8-15(9-7-14)21(30)27-18-5-3-2-4-17(18)22(31)28-19-11-10-16(23)12-26-19;;/h3-12,25H,13H2,1H3,(H,27,30)(H,26,28,31);1H3;/q2*-1;+2. The summed E-state index contributed by atoms with van der Waals surface area (Å²) in [5, 5.41) is 14.0. The number of anilines is 2. The summed E-state index contributed by atoms with van der Waals surface area (Å²) in [6.07, 6.45) is 1.43. The fraction of sp³-hybridized carbons (Fsp3) is 0.0870. The molecule has 0 spiro atoms. The number of alkyl halides is 1. The van der Waals surface area contributed by atoms with E-state index in [0.717, 1.165) is 0 Å². The van der Waals surface area contributed by atoms with E-state index in [9.17, 15) is 9.59 Å². The second-order valence-corrected chi connectivity index (χ2v) is 7.60. The number of benzene rings is 2. The number of amides is 2. The van der Waals surface area contributed by atoms with Gasteiger partial charge in [0.25, 0.3) is 5.91 Å². The molecule has 1 aromatic heterocycles. The van der Waals surface area contributed by atoms with Gasteiger partial charge in [-0.25, -0.2) is 4.98 Å². The van der Waals surface area contributed by atoms with Gasteiger partial charge in [-0.05, 0) is 29.8 Å². The normalized spacial score (nSPS) is 9.67. The van der Waals surface area contributed by atoms with Gasteiger partial charge in [-0.1, -0.05) is 52.0 Å². The Morgan fingerprint density at radius 1 is 1.09 bits per heavy atom. The number of nitrogens with zero attached hydrogens (tertiary/aromatic N) is 2. The van der Waals surface area contributed by atoms with Gasteiger partial charge in [0.15, 0.2) is 0 Å². The second-order valence-electron chi connectivity index (χ2n) is 6.49. The summed E-state index contributed by atoms with van der Waals surface area (Å²) in [5.74, 6) is -0.0995. The van der Waals surface area contributed by atoms with Crippen molar-refractivity contribution in [3.05, 3.63) is 96.0 Å². The fourth-order valence-corrected chi connectivity index (χ4v) is 3.07. The third kappa shape index (κ3) is 7.81. The minimum Gasteiger partial charge on any atom is -0.358 e. The van der Waals surface area contributed by atoms with Crippen molar-refractivity contribution in [2.75, 3.05) is 22.2 Å². The Hall–Kier alpha value is -1.93. The van der Waals surface area contributed by atoms with Crippen molar-refractivity contribution in [1.29, 1.82) is 5.41 Å². The van der Waals surface area contributed by atoms with Crippen LogP contribution in [0.2, 0.25) is 5.02 Å². The SMILES string of the molecule is CN(CI)C(=N)c1ccc(C(=O)Nc2cc[c-]cc2C(=O)Nc2ccc(Cl)cn2)cc1.[CH3-].[U+2]. The molecule has 0 saturated heterocycles. The zero-order chi connectivity index (χ0) is 22.4. The van der Waals surface area contributed by atoms with Gasteiger partial charge in [0.1, 0.15) is 11.7 Å². The van der Waals surface area contributed by atoms with Crippen molar-refractivity contribution in [3.63, 3.8) is 0 Å². The fourth-order valence-electron chi connectivity index (χ4n) is 2.61. The summed E-state index contributed by atoms with van der Waals surface area (Å²) in [7, 11) is 1.83. The first-order chi connectivity index (χ1) is 14.9. The maximum atomic E-state index is 12.7. The average molecular weight is 800 g/mol. The van der Waals surface area contributed by atoms with E-state index in [-0.39, 0.29) is 50.0 Å². The molecule has 2 aromatic carbocycles. The number of aromatic nitrogens is 1. The van der Waals surface area contributed by atoms with E-state index in [1.165, 1.54) is 12.3 Å². The molecule has 0 aliphatic carbocycles. The summed E-state index contributed by atoms with van der Waals surface area (Å²) in [6.45, 7) is 0. The van der Waals surface area contributed by atoms with E-state index in [1.807, 2.05) is 7.05 Å². The van der Waals surface area contributed by atoms with Gasteiger partial charge in [-0.3, -0.25) is 15.0 Å².